The van der Waals surface area contributed by atoms with Crippen LogP contribution >= 0.6 is 0 Å². The van der Waals surface area contributed by atoms with Gasteiger partial charge in [0.25, 0.3) is 0 Å². The lowest BCUT2D eigenvalue weighted by atomic mass is 10.0. The van der Waals surface area contributed by atoms with Crippen LogP contribution in [0.15, 0.2) is 36.7 Å². The highest BCUT2D eigenvalue weighted by Gasteiger charge is 2.03. The molecule has 1 heterocycles. The fourth-order valence-corrected chi connectivity index (χ4v) is 1.73. The standard InChI is InChI=1S/C15H19N3O/c1-11(2)12-5-4-6-14(7-12)19-15-10-17-13(8-16-3)9-18-15/h4-7,9-11,16H,8H2,1-3H3. The molecule has 4 nitrogen and oxygen atoms in total. The summed E-state index contributed by atoms with van der Waals surface area (Å²) < 4.78 is 5.71. The maximum atomic E-state index is 5.71. The Morgan fingerprint density at radius 2 is 2.05 bits per heavy atom. The Labute approximate surface area is 113 Å². The van der Waals surface area contributed by atoms with Crippen molar-refractivity contribution in [1.82, 2.24) is 15.3 Å². The molecular weight excluding hydrogens is 238 g/mol. The van der Waals surface area contributed by atoms with Gasteiger partial charge in [-0.3, -0.25) is 4.98 Å². The van der Waals surface area contributed by atoms with E-state index in [-0.39, 0.29) is 0 Å². The second-order valence-electron chi connectivity index (χ2n) is 4.71. The molecule has 4 heteroatoms. The predicted molar refractivity (Wildman–Crippen MR) is 75.4 cm³/mol. The molecule has 1 aromatic carbocycles. The SMILES string of the molecule is CNCc1cnc(Oc2cccc(C(C)C)c2)cn1. The number of benzene rings is 1. The van der Waals surface area contributed by atoms with Crippen LogP contribution in [0.25, 0.3) is 0 Å². The molecule has 0 spiro atoms. The zero-order valence-corrected chi connectivity index (χ0v) is 11.6. The van der Waals surface area contributed by atoms with Crippen LogP contribution in [0, 0.1) is 0 Å². The normalized spacial score (nSPS) is 10.7. The highest BCUT2D eigenvalue weighted by atomic mass is 16.5. The van der Waals surface area contributed by atoms with Crippen LogP contribution in [-0.2, 0) is 6.54 Å². The Bertz CT molecular complexity index is 523. The molecule has 0 bridgehead atoms. The van der Waals surface area contributed by atoms with E-state index >= 15 is 0 Å². The Morgan fingerprint density at radius 3 is 2.68 bits per heavy atom. The molecule has 0 aliphatic rings. The summed E-state index contributed by atoms with van der Waals surface area (Å²) in [6, 6.07) is 8.05. The smallest absolute Gasteiger partial charge is 0.237 e. The number of rotatable bonds is 5. The number of ether oxygens (including phenoxy) is 1. The quantitative estimate of drug-likeness (QED) is 0.894. The van der Waals surface area contributed by atoms with Gasteiger partial charge in [-0.1, -0.05) is 26.0 Å². The highest BCUT2D eigenvalue weighted by Crippen LogP contribution is 2.23. The van der Waals surface area contributed by atoms with Crippen molar-refractivity contribution in [2.75, 3.05) is 7.05 Å². The largest absolute Gasteiger partial charge is 0.437 e. The number of nitrogens with one attached hydrogen (secondary N) is 1. The Balaban J connectivity index is 2.10. The van der Waals surface area contributed by atoms with Gasteiger partial charge in [-0.25, -0.2) is 4.98 Å². The number of hydrogen-bond donors (Lipinski definition) is 1. The first-order chi connectivity index (χ1) is 9.19. The summed E-state index contributed by atoms with van der Waals surface area (Å²) >= 11 is 0. The number of nitrogens with zero attached hydrogens (tertiary/aromatic N) is 2. The lowest BCUT2D eigenvalue weighted by Gasteiger charge is -2.09. The molecule has 0 saturated carbocycles. The van der Waals surface area contributed by atoms with Gasteiger partial charge >= 0.3 is 0 Å². The van der Waals surface area contributed by atoms with E-state index in [1.807, 2.05) is 25.2 Å². The molecule has 0 fully saturated rings. The summed E-state index contributed by atoms with van der Waals surface area (Å²) in [6.45, 7) is 5.02. The Hall–Kier alpha value is -1.94. The zero-order valence-electron chi connectivity index (χ0n) is 11.6. The first kappa shape index (κ1) is 13.5. The van der Waals surface area contributed by atoms with E-state index in [1.165, 1.54) is 5.56 Å². The molecule has 2 aromatic rings. The van der Waals surface area contributed by atoms with Crippen molar-refractivity contribution in [3.8, 4) is 11.6 Å². The third-order valence-corrected chi connectivity index (χ3v) is 2.79. The molecular formula is C15H19N3O. The minimum atomic E-state index is 0.479. The van der Waals surface area contributed by atoms with Crippen LogP contribution < -0.4 is 10.1 Å². The van der Waals surface area contributed by atoms with Gasteiger partial charge in [0.15, 0.2) is 0 Å². The fraction of sp³-hybridized carbons (Fsp3) is 0.333. The maximum absolute atomic E-state index is 5.71. The van der Waals surface area contributed by atoms with Crippen LogP contribution in [0.2, 0.25) is 0 Å². The molecule has 0 aliphatic carbocycles. The molecule has 0 aliphatic heterocycles. The lowest BCUT2D eigenvalue weighted by Crippen LogP contribution is -2.07. The van der Waals surface area contributed by atoms with E-state index in [0.29, 0.717) is 18.3 Å². The van der Waals surface area contributed by atoms with E-state index in [0.717, 1.165) is 11.4 Å². The second-order valence-corrected chi connectivity index (χ2v) is 4.71. The minimum absolute atomic E-state index is 0.479. The molecule has 1 aromatic heterocycles. The Morgan fingerprint density at radius 1 is 1.21 bits per heavy atom. The van der Waals surface area contributed by atoms with E-state index in [9.17, 15) is 0 Å². The second kappa shape index (κ2) is 6.29. The summed E-state index contributed by atoms with van der Waals surface area (Å²) in [5.41, 5.74) is 2.14. The van der Waals surface area contributed by atoms with Gasteiger partial charge < -0.3 is 10.1 Å². The molecule has 100 valence electrons. The molecule has 0 atom stereocenters. The Kier molecular flexibility index (Phi) is 4.47. The van der Waals surface area contributed by atoms with Crippen LogP contribution in [-0.4, -0.2) is 17.0 Å². The minimum Gasteiger partial charge on any atom is -0.437 e. The van der Waals surface area contributed by atoms with E-state index in [1.54, 1.807) is 12.4 Å². The van der Waals surface area contributed by atoms with Crippen molar-refractivity contribution in [2.24, 2.45) is 0 Å². The maximum Gasteiger partial charge on any atom is 0.237 e. The average Bonchev–Trinajstić information content (AvgIpc) is 2.42. The molecule has 0 amide bonds. The molecule has 1 N–H and O–H groups in total. The van der Waals surface area contributed by atoms with Gasteiger partial charge in [-0.05, 0) is 30.7 Å². The van der Waals surface area contributed by atoms with Crippen LogP contribution in [0.1, 0.15) is 31.0 Å². The van der Waals surface area contributed by atoms with Gasteiger partial charge in [0.05, 0.1) is 18.1 Å². The van der Waals surface area contributed by atoms with E-state index in [2.05, 4.69) is 35.2 Å². The van der Waals surface area contributed by atoms with Gasteiger partial charge in [0.2, 0.25) is 5.88 Å². The zero-order chi connectivity index (χ0) is 13.7. The molecule has 0 unspecified atom stereocenters. The first-order valence-corrected chi connectivity index (χ1v) is 6.42. The average molecular weight is 257 g/mol. The van der Waals surface area contributed by atoms with Gasteiger partial charge in [0.1, 0.15) is 5.75 Å². The third-order valence-electron chi connectivity index (χ3n) is 2.79. The van der Waals surface area contributed by atoms with Crippen molar-refractivity contribution >= 4 is 0 Å². The lowest BCUT2D eigenvalue weighted by molar-refractivity contribution is 0.458. The molecule has 2 rings (SSSR count). The van der Waals surface area contributed by atoms with Crippen LogP contribution in [0.5, 0.6) is 11.6 Å². The van der Waals surface area contributed by atoms with E-state index in [4.69, 9.17) is 4.74 Å². The summed E-state index contributed by atoms with van der Waals surface area (Å²) in [4.78, 5) is 8.51. The van der Waals surface area contributed by atoms with Gasteiger partial charge in [-0.2, -0.15) is 0 Å². The van der Waals surface area contributed by atoms with Crippen molar-refractivity contribution < 1.29 is 4.74 Å². The van der Waals surface area contributed by atoms with E-state index < -0.39 is 0 Å². The first-order valence-electron chi connectivity index (χ1n) is 6.42. The van der Waals surface area contributed by atoms with Crippen molar-refractivity contribution in [2.45, 2.75) is 26.3 Å². The summed E-state index contributed by atoms with van der Waals surface area (Å²) in [6.07, 6.45) is 3.37. The van der Waals surface area contributed by atoms with Crippen LogP contribution in [0.3, 0.4) is 0 Å². The summed E-state index contributed by atoms with van der Waals surface area (Å²) in [5, 5.41) is 3.03. The topological polar surface area (TPSA) is 47.0 Å². The molecule has 0 saturated heterocycles. The summed E-state index contributed by atoms with van der Waals surface area (Å²) in [5.74, 6) is 1.79. The van der Waals surface area contributed by atoms with Crippen molar-refractivity contribution in [3.05, 3.63) is 47.9 Å². The van der Waals surface area contributed by atoms with Crippen LogP contribution in [0.4, 0.5) is 0 Å². The summed E-state index contributed by atoms with van der Waals surface area (Å²) in [7, 11) is 1.88. The highest BCUT2D eigenvalue weighted by molar-refractivity contribution is 5.32. The predicted octanol–water partition coefficient (Wildman–Crippen LogP) is 3.11. The molecule has 0 radical (unpaired) electrons. The van der Waals surface area contributed by atoms with Gasteiger partial charge in [-0.15, -0.1) is 0 Å². The van der Waals surface area contributed by atoms with Gasteiger partial charge in [0, 0.05) is 6.54 Å². The van der Waals surface area contributed by atoms with Crippen molar-refractivity contribution in [3.63, 3.8) is 0 Å². The number of aromatic nitrogens is 2. The van der Waals surface area contributed by atoms with Crippen molar-refractivity contribution in [1.29, 1.82) is 0 Å². The third kappa shape index (κ3) is 3.76. The monoisotopic (exact) mass is 257 g/mol. The number of hydrogen-bond acceptors (Lipinski definition) is 4. The fourth-order valence-electron chi connectivity index (χ4n) is 1.73. The molecule has 19 heavy (non-hydrogen) atoms.